The largest absolute Gasteiger partial charge is 0.493 e. The molecule has 0 aliphatic carbocycles. The van der Waals surface area contributed by atoms with Crippen LogP contribution >= 0.6 is 11.6 Å². The second-order valence-corrected chi connectivity index (χ2v) is 5.61. The van der Waals surface area contributed by atoms with E-state index in [4.69, 9.17) is 16.3 Å². The smallest absolute Gasteiger partial charge is 0.122 e. The fourth-order valence-electron chi connectivity index (χ4n) is 2.48. The summed E-state index contributed by atoms with van der Waals surface area (Å²) in [5, 5.41) is -0.0924. The molecule has 1 aliphatic rings. The Morgan fingerprint density at radius 3 is 2.53 bits per heavy atom. The van der Waals surface area contributed by atoms with Crippen molar-refractivity contribution in [3.8, 4) is 5.75 Å². The molecule has 0 saturated carbocycles. The highest BCUT2D eigenvalue weighted by Gasteiger charge is 2.17. The standard InChI is InChI=1S/C17H17ClO/c1-11-3-4-14(9-12(11)2)17(18)15-5-6-16-13(10-15)7-8-19-16/h3-6,9-10,17H,7-8H2,1-2H3. The van der Waals surface area contributed by atoms with Crippen molar-refractivity contribution < 1.29 is 4.74 Å². The van der Waals surface area contributed by atoms with Crippen LogP contribution in [0.4, 0.5) is 0 Å². The molecule has 1 atom stereocenters. The van der Waals surface area contributed by atoms with E-state index in [1.165, 1.54) is 16.7 Å². The van der Waals surface area contributed by atoms with Crippen molar-refractivity contribution >= 4 is 11.6 Å². The van der Waals surface area contributed by atoms with Gasteiger partial charge >= 0.3 is 0 Å². The summed E-state index contributed by atoms with van der Waals surface area (Å²) in [5.74, 6) is 1.01. The van der Waals surface area contributed by atoms with Gasteiger partial charge in [0, 0.05) is 6.42 Å². The lowest BCUT2D eigenvalue weighted by Crippen LogP contribution is -1.95. The topological polar surface area (TPSA) is 9.23 Å². The Balaban J connectivity index is 1.94. The minimum Gasteiger partial charge on any atom is -0.493 e. The maximum Gasteiger partial charge on any atom is 0.122 e. The molecule has 0 aromatic heterocycles. The molecule has 19 heavy (non-hydrogen) atoms. The maximum atomic E-state index is 6.62. The molecule has 0 bridgehead atoms. The zero-order valence-corrected chi connectivity index (χ0v) is 12.0. The lowest BCUT2D eigenvalue weighted by atomic mass is 9.98. The van der Waals surface area contributed by atoms with Crippen LogP contribution in [0.5, 0.6) is 5.75 Å². The average Bonchev–Trinajstić information content (AvgIpc) is 2.88. The van der Waals surface area contributed by atoms with E-state index in [-0.39, 0.29) is 5.38 Å². The van der Waals surface area contributed by atoms with Crippen LogP contribution in [0.15, 0.2) is 36.4 Å². The van der Waals surface area contributed by atoms with Crippen LogP contribution in [-0.4, -0.2) is 6.61 Å². The summed E-state index contributed by atoms with van der Waals surface area (Å²) in [6.45, 7) is 5.03. The van der Waals surface area contributed by atoms with Gasteiger partial charge in [-0.05, 0) is 47.7 Å². The molecule has 98 valence electrons. The van der Waals surface area contributed by atoms with Crippen molar-refractivity contribution in [3.63, 3.8) is 0 Å². The van der Waals surface area contributed by atoms with Crippen molar-refractivity contribution in [1.29, 1.82) is 0 Å². The third-order valence-electron chi connectivity index (χ3n) is 3.83. The van der Waals surface area contributed by atoms with Crippen LogP contribution in [-0.2, 0) is 6.42 Å². The van der Waals surface area contributed by atoms with Gasteiger partial charge in [-0.2, -0.15) is 0 Å². The molecule has 1 nitrogen and oxygen atoms in total. The van der Waals surface area contributed by atoms with Gasteiger partial charge in [-0.3, -0.25) is 0 Å². The van der Waals surface area contributed by atoms with Crippen LogP contribution in [0.2, 0.25) is 0 Å². The number of aryl methyl sites for hydroxylation is 2. The number of hydrogen-bond donors (Lipinski definition) is 0. The number of hydrogen-bond acceptors (Lipinski definition) is 1. The Bertz CT molecular complexity index is 619. The Labute approximate surface area is 119 Å². The number of rotatable bonds is 2. The van der Waals surface area contributed by atoms with Gasteiger partial charge in [-0.15, -0.1) is 11.6 Å². The third-order valence-corrected chi connectivity index (χ3v) is 4.33. The Kier molecular flexibility index (Phi) is 3.24. The highest BCUT2D eigenvalue weighted by molar-refractivity contribution is 6.22. The van der Waals surface area contributed by atoms with Crippen LogP contribution in [0.1, 0.15) is 33.2 Å². The van der Waals surface area contributed by atoms with Crippen molar-refractivity contribution in [2.24, 2.45) is 0 Å². The molecule has 2 heteroatoms. The van der Waals surface area contributed by atoms with E-state index >= 15 is 0 Å². The van der Waals surface area contributed by atoms with E-state index in [0.29, 0.717) is 0 Å². The highest BCUT2D eigenvalue weighted by Crippen LogP contribution is 2.34. The fraction of sp³-hybridized carbons (Fsp3) is 0.294. The minimum atomic E-state index is -0.0924. The van der Waals surface area contributed by atoms with Gasteiger partial charge in [0.05, 0.1) is 12.0 Å². The molecule has 0 radical (unpaired) electrons. The van der Waals surface area contributed by atoms with Crippen molar-refractivity contribution in [1.82, 2.24) is 0 Å². The fourth-order valence-corrected chi connectivity index (χ4v) is 2.75. The number of halogens is 1. The number of benzene rings is 2. The quantitative estimate of drug-likeness (QED) is 0.728. The van der Waals surface area contributed by atoms with Gasteiger partial charge in [0.25, 0.3) is 0 Å². The molecular formula is C17H17ClO. The van der Waals surface area contributed by atoms with Crippen molar-refractivity contribution in [2.45, 2.75) is 25.6 Å². The first-order chi connectivity index (χ1) is 9.15. The first kappa shape index (κ1) is 12.6. The number of alkyl halides is 1. The van der Waals surface area contributed by atoms with Crippen LogP contribution in [0, 0.1) is 13.8 Å². The normalized spacial score (nSPS) is 14.9. The van der Waals surface area contributed by atoms with E-state index in [1.807, 2.05) is 6.07 Å². The van der Waals surface area contributed by atoms with Crippen LogP contribution in [0.25, 0.3) is 0 Å². The predicted molar refractivity (Wildman–Crippen MR) is 79.3 cm³/mol. The molecule has 0 spiro atoms. The van der Waals surface area contributed by atoms with Crippen LogP contribution < -0.4 is 4.74 Å². The van der Waals surface area contributed by atoms with E-state index in [1.54, 1.807) is 0 Å². The lowest BCUT2D eigenvalue weighted by Gasteiger charge is -2.13. The monoisotopic (exact) mass is 272 g/mol. The molecule has 0 fully saturated rings. The Morgan fingerprint density at radius 1 is 1.00 bits per heavy atom. The average molecular weight is 273 g/mol. The molecular weight excluding hydrogens is 256 g/mol. The van der Waals surface area contributed by atoms with E-state index in [9.17, 15) is 0 Å². The molecule has 3 rings (SSSR count). The SMILES string of the molecule is Cc1ccc(C(Cl)c2ccc3c(c2)CCO3)cc1C. The number of ether oxygens (including phenoxy) is 1. The van der Waals surface area contributed by atoms with E-state index < -0.39 is 0 Å². The molecule has 0 N–H and O–H groups in total. The summed E-state index contributed by atoms with van der Waals surface area (Å²) in [4.78, 5) is 0. The zero-order valence-electron chi connectivity index (χ0n) is 11.2. The summed E-state index contributed by atoms with van der Waals surface area (Å²) >= 11 is 6.62. The first-order valence-corrected chi connectivity index (χ1v) is 7.05. The minimum absolute atomic E-state index is 0.0924. The Hall–Kier alpha value is -1.47. The molecule has 2 aromatic rings. The van der Waals surface area contributed by atoms with E-state index in [2.05, 4.69) is 44.2 Å². The van der Waals surface area contributed by atoms with E-state index in [0.717, 1.165) is 29.9 Å². The van der Waals surface area contributed by atoms with Gasteiger partial charge in [0.15, 0.2) is 0 Å². The molecule has 0 amide bonds. The van der Waals surface area contributed by atoms with Crippen molar-refractivity contribution in [2.75, 3.05) is 6.61 Å². The predicted octanol–water partition coefficient (Wildman–Crippen LogP) is 4.57. The second-order valence-electron chi connectivity index (χ2n) is 5.17. The molecule has 0 saturated heterocycles. The summed E-state index contributed by atoms with van der Waals surface area (Å²) in [6, 6.07) is 12.7. The lowest BCUT2D eigenvalue weighted by molar-refractivity contribution is 0.357. The summed E-state index contributed by atoms with van der Waals surface area (Å²) in [7, 11) is 0. The van der Waals surface area contributed by atoms with Gasteiger partial charge < -0.3 is 4.74 Å². The van der Waals surface area contributed by atoms with Gasteiger partial charge in [-0.25, -0.2) is 0 Å². The molecule has 1 heterocycles. The number of fused-ring (bicyclic) bond motifs is 1. The highest BCUT2D eigenvalue weighted by atomic mass is 35.5. The molecule has 1 unspecified atom stereocenters. The maximum absolute atomic E-state index is 6.62. The summed E-state index contributed by atoms with van der Waals surface area (Å²) in [6.07, 6.45) is 0.986. The van der Waals surface area contributed by atoms with Gasteiger partial charge in [0.2, 0.25) is 0 Å². The summed E-state index contributed by atoms with van der Waals surface area (Å²) in [5.41, 5.74) is 6.16. The second kappa shape index (κ2) is 4.90. The molecule has 2 aromatic carbocycles. The van der Waals surface area contributed by atoms with Gasteiger partial charge in [0.1, 0.15) is 5.75 Å². The third kappa shape index (κ3) is 2.35. The van der Waals surface area contributed by atoms with Crippen molar-refractivity contribution in [3.05, 3.63) is 64.2 Å². The van der Waals surface area contributed by atoms with Crippen LogP contribution in [0.3, 0.4) is 0 Å². The zero-order chi connectivity index (χ0) is 13.4. The Morgan fingerprint density at radius 2 is 1.74 bits per heavy atom. The summed E-state index contributed by atoms with van der Waals surface area (Å²) < 4.78 is 5.53. The first-order valence-electron chi connectivity index (χ1n) is 6.62. The molecule has 1 aliphatic heterocycles. The van der Waals surface area contributed by atoms with Gasteiger partial charge in [-0.1, -0.05) is 30.3 Å².